The average molecular weight is 225 g/mol. The lowest BCUT2D eigenvalue weighted by molar-refractivity contribution is -0.186. The highest BCUT2D eigenvalue weighted by Gasteiger charge is 2.42. The Kier molecular flexibility index (Phi) is 3.59. The van der Waals surface area contributed by atoms with Crippen LogP contribution in [0.5, 0.6) is 0 Å². The topological polar surface area (TPSA) is 40.5 Å². The van der Waals surface area contributed by atoms with Crippen molar-refractivity contribution in [1.82, 2.24) is 4.90 Å². The van der Waals surface area contributed by atoms with Crippen molar-refractivity contribution in [3.8, 4) is 0 Å². The second-order valence-electron chi connectivity index (χ2n) is 3.87. The Bertz CT molecular complexity index is 234. The Morgan fingerprint density at radius 1 is 1.40 bits per heavy atom. The second-order valence-corrected chi connectivity index (χ2v) is 3.87. The van der Waals surface area contributed by atoms with Crippen LogP contribution in [0.15, 0.2) is 0 Å². The van der Waals surface area contributed by atoms with Gasteiger partial charge in [-0.15, -0.1) is 0 Å². The minimum atomic E-state index is -4.14. The van der Waals surface area contributed by atoms with Gasteiger partial charge in [0.2, 0.25) is 0 Å². The summed E-state index contributed by atoms with van der Waals surface area (Å²) in [6.45, 7) is 1.91. The molecule has 0 aromatic rings. The molecule has 1 rings (SSSR count). The molecule has 1 aliphatic rings. The number of alkyl halides is 3. The van der Waals surface area contributed by atoms with Crippen molar-refractivity contribution in [1.29, 1.82) is 0 Å². The van der Waals surface area contributed by atoms with Gasteiger partial charge in [0.1, 0.15) is 6.04 Å². The van der Waals surface area contributed by atoms with E-state index in [0.29, 0.717) is 0 Å². The highest BCUT2D eigenvalue weighted by molar-refractivity contribution is 5.72. The Balaban J connectivity index is 2.46. The fraction of sp³-hybridized carbons (Fsp3) is 0.889. The molecule has 1 atom stereocenters. The third-order valence-electron chi connectivity index (χ3n) is 2.90. The Labute approximate surface area is 85.9 Å². The lowest BCUT2D eigenvalue weighted by atomic mass is 9.95. The van der Waals surface area contributed by atoms with Gasteiger partial charge in [0.25, 0.3) is 0 Å². The molecule has 1 saturated heterocycles. The number of likely N-dealkylation sites (tertiary alicyclic amines) is 1. The molecule has 1 heterocycles. The van der Waals surface area contributed by atoms with E-state index in [1.165, 1.54) is 6.92 Å². The van der Waals surface area contributed by atoms with Crippen LogP contribution >= 0.6 is 0 Å². The third kappa shape index (κ3) is 3.09. The molecular formula is C9H14F3NO2. The summed E-state index contributed by atoms with van der Waals surface area (Å²) in [5.74, 6) is -2.25. The van der Waals surface area contributed by atoms with E-state index in [1.54, 1.807) is 4.90 Å². The lowest BCUT2D eigenvalue weighted by Gasteiger charge is -2.34. The first-order chi connectivity index (χ1) is 6.82. The van der Waals surface area contributed by atoms with Crippen molar-refractivity contribution in [2.24, 2.45) is 5.92 Å². The molecule has 0 spiro atoms. The SMILES string of the molecule is CC(C(=O)O)N1CCC(C(F)(F)F)CC1. The van der Waals surface area contributed by atoms with Crippen LogP contribution < -0.4 is 0 Å². The van der Waals surface area contributed by atoms with E-state index in [2.05, 4.69) is 0 Å². The van der Waals surface area contributed by atoms with Crippen molar-refractivity contribution in [3.05, 3.63) is 0 Å². The lowest BCUT2D eigenvalue weighted by Crippen LogP contribution is -2.46. The van der Waals surface area contributed by atoms with Crippen LogP contribution in [0.4, 0.5) is 13.2 Å². The Hall–Kier alpha value is -0.780. The van der Waals surface area contributed by atoms with E-state index in [-0.39, 0.29) is 25.9 Å². The predicted octanol–water partition coefficient (Wildman–Crippen LogP) is 1.73. The van der Waals surface area contributed by atoms with Gasteiger partial charge in [-0.05, 0) is 32.9 Å². The minimum Gasteiger partial charge on any atom is -0.480 e. The van der Waals surface area contributed by atoms with Crippen molar-refractivity contribution in [2.45, 2.75) is 32.0 Å². The van der Waals surface area contributed by atoms with Crippen LogP contribution in [0.2, 0.25) is 0 Å². The maximum Gasteiger partial charge on any atom is 0.391 e. The summed E-state index contributed by atoms with van der Waals surface area (Å²) in [7, 11) is 0. The molecule has 6 heteroatoms. The van der Waals surface area contributed by atoms with Crippen LogP contribution in [0.25, 0.3) is 0 Å². The number of carboxylic acid groups (broad SMARTS) is 1. The highest BCUT2D eigenvalue weighted by atomic mass is 19.4. The molecule has 0 bridgehead atoms. The van der Waals surface area contributed by atoms with Crippen molar-refractivity contribution in [3.63, 3.8) is 0 Å². The summed E-state index contributed by atoms with van der Waals surface area (Å²) in [4.78, 5) is 12.2. The first-order valence-electron chi connectivity index (χ1n) is 4.86. The van der Waals surface area contributed by atoms with Crippen molar-refractivity contribution in [2.75, 3.05) is 13.1 Å². The zero-order valence-corrected chi connectivity index (χ0v) is 8.42. The zero-order valence-electron chi connectivity index (χ0n) is 8.42. The fourth-order valence-corrected chi connectivity index (χ4v) is 1.77. The van der Waals surface area contributed by atoms with E-state index in [1.807, 2.05) is 0 Å². The molecule has 88 valence electrons. The maximum absolute atomic E-state index is 12.3. The van der Waals surface area contributed by atoms with E-state index in [4.69, 9.17) is 5.11 Å². The van der Waals surface area contributed by atoms with Crippen LogP contribution in [-0.4, -0.2) is 41.3 Å². The van der Waals surface area contributed by atoms with Gasteiger partial charge in [-0.3, -0.25) is 9.69 Å². The number of hydrogen-bond donors (Lipinski definition) is 1. The molecule has 0 aliphatic carbocycles. The van der Waals surface area contributed by atoms with Crippen LogP contribution in [-0.2, 0) is 4.79 Å². The van der Waals surface area contributed by atoms with Gasteiger partial charge in [-0.2, -0.15) is 13.2 Å². The molecular weight excluding hydrogens is 211 g/mol. The molecule has 0 saturated carbocycles. The third-order valence-corrected chi connectivity index (χ3v) is 2.90. The molecule has 1 N–H and O–H groups in total. The predicted molar refractivity (Wildman–Crippen MR) is 47.4 cm³/mol. The number of halogens is 3. The van der Waals surface area contributed by atoms with Crippen LogP contribution in [0.3, 0.4) is 0 Å². The number of hydrogen-bond acceptors (Lipinski definition) is 2. The summed E-state index contributed by atoms with van der Waals surface area (Å²) in [6, 6.07) is -0.695. The molecule has 0 aromatic carbocycles. The summed E-state index contributed by atoms with van der Waals surface area (Å²) in [5, 5.41) is 8.70. The molecule has 3 nitrogen and oxygen atoms in total. The minimum absolute atomic E-state index is 0.00111. The summed E-state index contributed by atoms with van der Waals surface area (Å²) in [5.41, 5.74) is 0. The molecule has 0 radical (unpaired) electrons. The molecule has 0 amide bonds. The standard InChI is InChI=1S/C9H14F3NO2/c1-6(8(14)15)13-4-2-7(3-5-13)9(10,11)12/h6-7H,2-5H2,1H3,(H,14,15). The van der Waals surface area contributed by atoms with Gasteiger partial charge < -0.3 is 5.11 Å². The normalized spacial score (nSPS) is 22.7. The summed E-state index contributed by atoms with van der Waals surface area (Å²) >= 11 is 0. The molecule has 1 fully saturated rings. The van der Waals surface area contributed by atoms with Gasteiger partial charge in [-0.25, -0.2) is 0 Å². The van der Waals surface area contributed by atoms with Crippen molar-refractivity contribution >= 4 is 5.97 Å². The summed E-state index contributed by atoms with van der Waals surface area (Å²) in [6.07, 6.45) is -4.14. The number of aliphatic carboxylic acids is 1. The first-order valence-corrected chi connectivity index (χ1v) is 4.86. The molecule has 15 heavy (non-hydrogen) atoms. The zero-order chi connectivity index (χ0) is 11.6. The van der Waals surface area contributed by atoms with E-state index >= 15 is 0 Å². The number of carboxylic acids is 1. The number of piperidine rings is 1. The highest BCUT2D eigenvalue weighted by Crippen LogP contribution is 2.34. The molecule has 1 aliphatic heterocycles. The second kappa shape index (κ2) is 4.38. The Morgan fingerprint density at radius 2 is 1.87 bits per heavy atom. The smallest absolute Gasteiger partial charge is 0.391 e. The van der Waals surface area contributed by atoms with Gasteiger partial charge in [0.15, 0.2) is 0 Å². The summed E-state index contributed by atoms with van der Waals surface area (Å²) < 4.78 is 36.9. The van der Waals surface area contributed by atoms with Crippen LogP contribution in [0.1, 0.15) is 19.8 Å². The van der Waals surface area contributed by atoms with E-state index < -0.39 is 24.1 Å². The molecule has 0 aromatic heterocycles. The average Bonchev–Trinajstić information content (AvgIpc) is 2.15. The van der Waals surface area contributed by atoms with E-state index in [9.17, 15) is 18.0 Å². The first kappa shape index (κ1) is 12.3. The van der Waals surface area contributed by atoms with Crippen LogP contribution in [0, 0.1) is 5.92 Å². The molecule has 1 unspecified atom stereocenters. The van der Waals surface area contributed by atoms with Crippen molar-refractivity contribution < 1.29 is 23.1 Å². The fourth-order valence-electron chi connectivity index (χ4n) is 1.77. The number of nitrogens with zero attached hydrogens (tertiary/aromatic N) is 1. The maximum atomic E-state index is 12.3. The van der Waals surface area contributed by atoms with Gasteiger partial charge in [0.05, 0.1) is 5.92 Å². The quantitative estimate of drug-likeness (QED) is 0.778. The van der Waals surface area contributed by atoms with Gasteiger partial charge in [-0.1, -0.05) is 0 Å². The van der Waals surface area contributed by atoms with Gasteiger partial charge in [0, 0.05) is 0 Å². The van der Waals surface area contributed by atoms with Gasteiger partial charge >= 0.3 is 12.1 Å². The largest absolute Gasteiger partial charge is 0.480 e. The Morgan fingerprint density at radius 3 is 2.20 bits per heavy atom. The number of carbonyl (C=O) groups is 1. The monoisotopic (exact) mass is 225 g/mol. The number of rotatable bonds is 2. The van der Waals surface area contributed by atoms with E-state index in [0.717, 1.165) is 0 Å².